The summed E-state index contributed by atoms with van der Waals surface area (Å²) in [6, 6.07) is 3.51. The Balaban J connectivity index is 2.34. The maximum Gasteiger partial charge on any atom is 0.458 e. The number of nitrogens with zero attached hydrogens (tertiary/aromatic N) is 1. The quantitative estimate of drug-likeness (QED) is 0.587. The summed E-state index contributed by atoms with van der Waals surface area (Å²) >= 11 is 0. The Morgan fingerprint density at radius 1 is 0.966 bits per heavy atom. The van der Waals surface area contributed by atoms with Crippen LogP contribution in [-0.4, -0.2) is 41.0 Å². The first-order valence-corrected chi connectivity index (χ1v) is 9.25. The molecule has 0 spiro atoms. The van der Waals surface area contributed by atoms with E-state index in [1.165, 1.54) is 11.0 Å². The summed E-state index contributed by atoms with van der Waals surface area (Å²) in [6.45, 7) is 0.535. The summed E-state index contributed by atoms with van der Waals surface area (Å²) in [4.78, 5) is 1.18. The highest BCUT2D eigenvalue weighted by atomic mass is 19.4. The van der Waals surface area contributed by atoms with E-state index in [2.05, 4.69) is 0 Å². The minimum Gasteiger partial charge on any atom is -0.382 e. The van der Waals surface area contributed by atoms with Crippen LogP contribution < -0.4 is 0 Å². The standard InChI is InChI=1S/C19H23F8NO/c1-12-6-8-14(9-7-12)28(11-16(29)18(22,23)24)10-13-4-2-3-5-15(13)17(20,21)19(25,26)27/h2-5,12,14,16,29H,6-11H2,1H3. The molecule has 0 saturated heterocycles. The van der Waals surface area contributed by atoms with Gasteiger partial charge in [-0.05, 0) is 37.2 Å². The SMILES string of the molecule is CC1CCC(N(Cc2ccccc2C(F)(F)C(F)(F)F)CC(O)C(F)(F)F)CC1. The van der Waals surface area contributed by atoms with Gasteiger partial charge in [-0.2, -0.15) is 35.1 Å². The third kappa shape index (κ3) is 5.81. The van der Waals surface area contributed by atoms with E-state index >= 15 is 0 Å². The summed E-state index contributed by atoms with van der Waals surface area (Å²) in [5.41, 5.74) is -1.70. The minimum absolute atomic E-state index is 0.350. The topological polar surface area (TPSA) is 23.5 Å². The Bertz CT molecular complexity index is 665. The van der Waals surface area contributed by atoms with Crippen molar-refractivity contribution in [1.29, 1.82) is 0 Å². The second-order valence-corrected chi connectivity index (χ2v) is 7.63. The molecule has 10 heteroatoms. The van der Waals surface area contributed by atoms with Crippen LogP contribution in [0.2, 0.25) is 0 Å². The van der Waals surface area contributed by atoms with Gasteiger partial charge in [0.1, 0.15) is 0 Å². The van der Waals surface area contributed by atoms with Crippen LogP contribution in [0.3, 0.4) is 0 Å². The maximum absolute atomic E-state index is 13.9. The molecular formula is C19H23F8NO. The van der Waals surface area contributed by atoms with Crippen molar-refractivity contribution in [3.63, 3.8) is 0 Å². The van der Waals surface area contributed by atoms with Crippen molar-refractivity contribution in [3.05, 3.63) is 35.4 Å². The maximum atomic E-state index is 13.9. The van der Waals surface area contributed by atoms with E-state index in [9.17, 15) is 40.2 Å². The molecule has 1 saturated carbocycles. The van der Waals surface area contributed by atoms with Gasteiger partial charge in [-0.3, -0.25) is 4.90 Å². The normalized spacial score (nSPS) is 22.7. The highest BCUT2D eigenvalue weighted by molar-refractivity contribution is 5.32. The van der Waals surface area contributed by atoms with Crippen LogP contribution in [0.5, 0.6) is 0 Å². The third-order valence-electron chi connectivity index (χ3n) is 5.37. The lowest BCUT2D eigenvalue weighted by Gasteiger charge is -2.38. The summed E-state index contributed by atoms with van der Waals surface area (Å²) in [5, 5.41) is 9.48. The second-order valence-electron chi connectivity index (χ2n) is 7.63. The van der Waals surface area contributed by atoms with E-state index < -0.39 is 54.6 Å². The number of halogens is 8. The number of aliphatic hydroxyl groups is 1. The predicted molar refractivity (Wildman–Crippen MR) is 90.3 cm³/mol. The van der Waals surface area contributed by atoms with Gasteiger partial charge in [-0.15, -0.1) is 0 Å². The Labute approximate surface area is 163 Å². The molecule has 0 aliphatic heterocycles. The molecule has 0 radical (unpaired) electrons. The van der Waals surface area contributed by atoms with E-state index in [0.717, 1.165) is 12.1 Å². The van der Waals surface area contributed by atoms with E-state index in [1.54, 1.807) is 0 Å². The molecule has 1 aliphatic carbocycles. The highest BCUT2D eigenvalue weighted by Crippen LogP contribution is 2.45. The first kappa shape index (κ1) is 23.9. The van der Waals surface area contributed by atoms with Gasteiger partial charge in [-0.25, -0.2) is 0 Å². The Morgan fingerprint density at radius 2 is 1.52 bits per heavy atom. The Hall–Kier alpha value is -1.42. The Morgan fingerprint density at radius 3 is 2.03 bits per heavy atom. The highest BCUT2D eigenvalue weighted by Gasteiger charge is 2.59. The van der Waals surface area contributed by atoms with Crippen LogP contribution in [-0.2, 0) is 12.5 Å². The number of rotatable bonds is 6. The first-order chi connectivity index (χ1) is 13.2. The molecule has 2 rings (SSSR count). The molecule has 1 aromatic carbocycles. The fraction of sp³-hybridized carbons (Fsp3) is 0.684. The molecule has 1 fully saturated rings. The van der Waals surface area contributed by atoms with Crippen molar-refractivity contribution in [2.45, 2.75) is 69.6 Å². The van der Waals surface area contributed by atoms with Gasteiger partial charge in [0.15, 0.2) is 6.10 Å². The van der Waals surface area contributed by atoms with Crippen LogP contribution in [0.1, 0.15) is 43.7 Å². The largest absolute Gasteiger partial charge is 0.458 e. The fourth-order valence-corrected chi connectivity index (χ4v) is 3.61. The van der Waals surface area contributed by atoms with E-state index in [0.29, 0.717) is 37.7 Å². The van der Waals surface area contributed by atoms with Crippen molar-refractivity contribution in [2.75, 3.05) is 6.54 Å². The number of hydrogen-bond acceptors (Lipinski definition) is 2. The lowest BCUT2D eigenvalue weighted by atomic mass is 9.86. The molecule has 1 N–H and O–H groups in total. The monoisotopic (exact) mass is 433 g/mol. The molecule has 166 valence electrons. The van der Waals surface area contributed by atoms with Gasteiger partial charge in [0.25, 0.3) is 0 Å². The predicted octanol–water partition coefficient (Wildman–Crippen LogP) is 5.64. The molecule has 0 aromatic heterocycles. The van der Waals surface area contributed by atoms with Gasteiger partial charge >= 0.3 is 18.3 Å². The summed E-state index contributed by atoms with van der Waals surface area (Å²) in [5.74, 6) is -4.79. The van der Waals surface area contributed by atoms with Crippen LogP contribution in [0.25, 0.3) is 0 Å². The number of benzene rings is 1. The summed E-state index contributed by atoms with van der Waals surface area (Å²) in [6.07, 6.45) is -11.1. The fourth-order valence-electron chi connectivity index (χ4n) is 3.61. The molecule has 0 amide bonds. The molecule has 1 unspecified atom stereocenters. The molecule has 1 aliphatic rings. The molecule has 1 atom stereocenters. The van der Waals surface area contributed by atoms with Gasteiger partial charge < -0.3 is 5.11 Å². The van der Waals surface area contributed by atoms with Crippen molar-refractivity contribution >= 4 is 0 Å². The zero-order chi connectivity index (χ0) is 22.0. The lowest BCUT2D eigenvalue weighted by molar-refractivity contribution is -0.289. The van der Waals surface area contributed by atoms with Crippen LogP contribution in [0, 0.1) is 5.92 Å². The van der Waals surface area contributed by atoms with Gasteiger partial charge in [-0.1, -0.05) is 31.2 Å². The summed E-state index contributed by atoms with van der Waals surface area (Å²) < 4.78 is 105. The average molecular weight is 433 g/mol. The molecule has 0 bridgehead atoms. The molecule has 0 heterocycles. The van der Waals surface area contributed by atoms with E-state index in [-0.39, 0.29) is 0 Å². The van der Waals surface area contributed by atoms with Gasteiger partial charge in [0, 0.05) is 24.7 Å². The smallest absolute Gasteiger partial charge is 0.382 e. The Kier molecular flexibility index (Phi) is 7.20. The number of aliphatic hydroxyl groups excluding tert-OH is 1. The van der Waals surface area contributed by atoms with Crippen molar-refractivity contribution < 1.29 is 40.2 Å². The van der Waals surface area contributed by atoms with Crippen LogP contribution in [0.15, 0.2) is 24.3 Å². The first-order valence-electron chi connectivity index (χ1n) is 9.25. The molecule has 1 aromatic rings. The van der Waals surface area contributed by atoms with Crippen molar-refractivity contribution in [1.82, 2.24) is 4.90 Å². The summed E-state index contributed by atoms with van der Waals surface area (Å²) in [7, 11) is 0. The number of hydrogen-bond donors (Lipinski definition) is 1. The molecule has 29 heavy (non-hydrogen) atoms. The van der Waals surface area contributed by atoms with Gasteiger partial charge in [0.2, 0.25) is 0 Å². The van der Waals surface area contributed by atoms with E-state index in [1.807, 2.05) is 6.92 Å². The molecule has 2 nitrogen and oxygen atoms in total. The average Bonchev–Trinajstić information content (AvgIpc) is 2.60. The second kappa shape index (κ2) is 8.75. The van der Waals surface area contributed by atoms with E-state index in [4.69, 9.17) is 0 Å². The molecular weight excluding hydrogens is 410 g/mol. The zero-order valence-corrected chi connectivity index (χ0v) is 15.7. The number of alkyl halides is 8. The van der Waals surface area contributed by atoms with Crippen LogP contribution >= 0.6 is 0 Å². The van der Waals surface area contributed by atoms with Crippen molar-refractivity contribution in [2.24, 2.45) is 5.92 Å². The van der Waals surface area contributed by atoms with Gasteiger partial charge in [0.05, 0.1) is 0 Å². The van der Waals surface area contributed by atoms with Crippen LogP contribution in [0.4, 0.5) is 35.1 Å². The lowest BCUT2D eigenvalue weighted by Crippen LogP contribution is -2.46. The zero-order valence-electron chi connectivity index (χ0n) is 15.7. The third-order valence-corrected chi connectivity index (χ3v) is 5.37. The minimum atomic E-state index is -5.83. The van der Waals surface area contributed by atoms with Crippen molar-refractivity contribution in [3.8, 4) is 0 Å².